The first kappa shape index (κ1) is 19.4. The first-order valence-electron chi connectivity index (χ1n) is 8.15. The summed E-state index contributed by atoms with van der Waals surface area (Å²) in [5.74, 6) is -0.778. The summed E-state index contributed by atoms with van der Waals surface area (Å²) in [7, 11) is 0. The summed E-state index contributed by atoms with van der Waals surface area (Å²) in [6.45, 7) is 1.99. The van der Waals surface area contributed by atoms with Gasteiger partial charge in [0.25, 0.3) is 0 Å². The first-order valence-corrected chi connectivity index (χ1v) is 10.3. The molecular formula is C20H16ClNO3S2. The third-order valence-corrected chi connectivity index (χ3v) is 5.59. The van der Waals surface area contributed by atoms with Crippen LogP contribution in [0.5, 0.6) is 0 Å². The number of hydrogen-bond donors (Lipinski definition) is 1. The molecule has 0 atom stereocenters. The zero-order valence-electron chi connectivity index (χ0n) is 14.4. The zero-order chi connectivity index (χ0) is 19.2. The van der Waals surface area contributed by atoms with Crippen molar-refractivity contribution in [2.24, 2.45) is 0 Å². The van der Waals surface area contributed by atoms with Crippen molar-refractivity contribution in [3.8, 4) is 11.1 Å². The maximum Gasteiger partial charge on any atom is 0.341 e. The summed E-state index contributed by atoms with van der Waals surface area (Å²) in [5.41, 5.74) is 1.88. The van der Waals surface area contributed by atoms with Gasteiger partial charge in [-0.1, -0.05) is 29.8 Å². The van der Waals surface area contributed by atoms with Gasteiger partial charge in [0.2, 0.25) is 5.91 Å². The van der Waals surface area contributed by atoms with Gasteiger partial charge >= 0.3 is 5.97 Å². The molecule has 4 nitrogen and oxygen atoms in total. The molecule has 7 heteroatoms. The Balaban J connectivity index is 1.89. The summed E-state index contributed by atoms with van der Waals surface area (Å²) in [5, 5.41) is 7.62. The predicted octanol–water partition coefficient (Wildman–Crippen LogP) is 5.96. The number of amides is 1. The van der Waals surface area contributed by atoms with E-state index in [1.165, 1.54) is 28.7 Å². The molecule has 0 saturated heterocycles. The minimum absolute atomic E-state index is 0.250. The second kappa shape index (κ2) is 8.99. The number of esters is 1. The Morgan fingerprint density at radius 2 is 1.96 bits per heavy atom. The Labute approximate surface area is 170 Å². The number of rotatable bonds is 6. The summed E-state index contributed by atoms with van der Waals surface area (Å²) in [6, 6.07) is 11.0. The average Bonchev–Trinajstić information content (AvgIpc) is 3.31. The Morgan fingerprint density at radius 3 is 2.63 bits per heavy atom. The summed E-state index contributed by atoms with van der Waals surface area (Å²) in [6.07, 6.45) is 3.18. The molecule has 1 aromatic carbocycles. The van der Waals surface area contributed by atoms with Gasteiger partial charge in [-0.05, 0) is 42.1 Å². The lowest BCUT2D eigenvalue weighted by molar-refractivity contribution is -0.111. The van der Waals surface area contributed by atoms with Crippen LogP contribution in [-0.4, -0.2) is 18.5 Å². The molecule has 0 aliphatic rings. The lowest BCUT2D eigenvalue weighted by Gasteiger charge is -2.08. The van der Waals surface area contributed by atoms with Crippen LogP contribution < -0.4 is 5.32 Å². The maximum absolute atomic E-state index is 12.5. The highest BCUT2D eigenvalue weighted by Gasteiger charge is 2.22. The molecule has 0 aliphatic heterocycles. The van der Waals surface area contributed by atoms with Crippen molar-refractivity contribution < 1.29 is 14.3 Å². The van der Waals surface area contributed by atoms with Crippen LogP contribution in [0.25, 0.3) is 17.2 Å². The number of ether oxygens (including phenoxy) is 1. The highest BCUT2D eigenvalue weighted by atomic mass is 35.5. The van der Waals surface area contributed by atoms with Crippen LogP contribution in [0.4, 0.5) is 5.00 Å². The molecule has 3 rings (SSSR count). The third kappa shape index (κ3) is 4.86. The van der Waals surface area contributed by atoms with Gasteiger partial charge in [0.05, 0.1) is 6.61 Å². The fourth-order valence-electron chi connectivity index (χ4n) is 2.40. The van der Waals surface area contributed by atoms with E-state index in [-0.39, 0.29) is 12.5 Å². The van der Waals surface area contributed by atoms with Gasteiger partial charge in [0.15, 0.2) is 0 Å². The third-order valence-electron chi connectivity index (χ3n) is 3.60. The number of thiophene rings is 2. The van der Waals surface area contributed by atoms with Crippen molar-refractivity contribution in [3.63, 3.8) is 0 Å². The second-order valence-electron chi connectivity index (χ2n) is 5.42. The number of halogens is 1. The van der Waals surface area contributed by atoms with E-state index in [4.69, 9.17) is 16.3 Å². The van der Waals surface area contributed by atoms with Crippen molar-refractivity contribution in [3.05, 3.63) is 68.7 Å². The highest BCUT2D eigenvalue weighted by molar-refractivity contribution is 7.15. The number of hydrogen-bond acceptors (Lipinski definition) is 5. The molecule has 3 aromatic rings. The number of carbonyl (C=O) groups is 2. The SMILES string of the molecule is CCOC(=O)c1c(-c2ccc(Cl)cc2)csc1NC(=O)/C=C/c1cccs1. The van der Waals surface area contributed by atoms with Gasteiger partial charge in [-0.3, -0.25) is 4.79 Å². The van der Waals surface area contributed by atoms with Crippen LogP contribution in [0.3, 0.4) is 0 Å². The van der Waals surface area contributed by atoms with Crippen LogP contribution in [-0.2, 0) is 9.53 Å². The molecule has 1 N–H and O–H groups in total. The molecule has 0 aliphatic carbocycles. The fraction of sp³-hybridized carbons (Fsp3) is 0.100. The maximum atomic E-state index is 12.5. The van der Waals surface area contributed by atoms with Crippen LogP contribution in [0.15, 0.2) is 53.2 Å². The standard InChI is InChI=1S/C20H16ClNO3S2/c1-2-25-20(24)18-16(13-5-7-14(21)8-6-13)12-27-19(18)22-17(23)10-9-15-4-3-11-26-15/h3-12H,2H2,1H3,(H,22,23)/b10-9+. The smallest absolute Gasteiger partial charge is 0.341 e. The van der Waals surface area contributed by atoms with E-state index in [1.807, 2.05) is 35.0 Å². The second-order valence-corrected chi connectivity index (χ2v) is 7.71. The molecule has 0 saturated carbocycles. The summed E-state index contributed by atoms with van der Waals surface area (Å²) < 4.78 is 5.19. The topological polar surface area (TPSA) is 55.4 Å². The van der Waals surface area contributed by atoms with Crippen LogP contribution in [0.1, 0.15) is 22.2 Å². The quantitative estimate of drug-likeness (QED) is 0.397. The Hall–Kier alpha value is -2.41. The zero-order valence-corrected chi connectivity index (χ0v) is 16.8. The van der Waals surface area contributed by atoms with E-state index in [0.29, 0.717) is 21.2 Å². The molecule has 2 aromatic heterocycles. The average molecular weight is 418 g/mol. The fourth-order valence-corrected chi connectivity index (χ4v) is 4.10. The van der Waals surface area contributed by atoms with E-state index >= 15 is 0 Å². The van der Waals surface area contributed by atoms with Crippen LogP contribution in [0.2, 0.25) is 5.02 Å². The van der Waals surface area contributed by atoms with Crippen molar-refractivity contribution in [2.45, 2.75) is 6.92 Å². The van der Waals surface area contributed by atoms with E-state index in [9.17, 15) is 9.59 Å². The molecule has 27 heavy (non-hydrogen) atoms. The number of benzene rings is 1. The number of nitrogens with one attached hydrogen (secondary N) is 1. The normalized spacial score (nSPS) is 10.9. The first-order chi connectivity index (χ1) is 13.1. The molecule has 2 heterocycles. The lowest BCUT2D eigenvalue weighted by Crippen LogP contribution is -2.12. The number of anilines is 1. The minimum Gasteiger partial charge on any atom is -0.462 e. The monoisotopic (exact) mass is 417 g/mol. The Morgan fingerprint density at radius 1 is 1.19 bits per heavy atom. The molecule has 0 unspecified atom stereocenters. The largest absolute Gasteiger partial charge is 0.462 e. The van der Waals surface area contributed by atoms with Gasteiger partial charge in [-0.2, -0.15) is 0 Å². The van der Waals surface area contributed by atoms with Gasteiger partial charge in [0.1, 0.15) is 10.6 Å². The minimum atomic E-state index is -0.471. The molecule has 0 spiro atoms. The molecule has 0 radical (unpaired) electrons. The van der Waals surface area contributed by atoms with E-state index in [2.05, 4.69) is 5.32 Å². The van der Waals surface area contributed by atoms with E-state index in [0.717, 1.165) is 10.4 Å². The Kier molecular flexibility index (Phi) is 6.45. The van der Waals surface area contributed by atoms with Crippen LogP contribution in [0, 0.1) is 0 Å². The van der Waals surface area contributed by atoms with Crippen molar-refractivity contribution >= 4 is 57.2 Å². The highest BCUT2D eigenvalue weighted by Crippen LogP contribution is 2.36. The molecule has 1 amide bonds. The molecule has 138 valence electrons. The van der Waals surface area contributed by atoms with Crippen molar-refractivity contribution in [2.75, 3.05) is 11.9 Å². The summed E-state index contributed by atoms with van der Waals surface area (Å²) in [4.78, 5) is 25.8. The Bertz CT molecular complexity index is 960. The van der Waals surface area contributed by atoms with E-state index < -0.39 is 5.97 Å². The summed E-state index contributed by atoms with van der Waals surface area (Å²) >= 11 is 8.77. The number of carbonyl (C=O) groups excluding carboxylic acids is 2. The van der Waals surface area contributed by atoms with E-state index in [1.54, 1.807) is 25.1 Å². The van der Waals surface area contributed by atoms with Gasteiger partial charge in [0, 0.05) is 26.9 Å². The predicted molar refractivity (Wildman–Crippen MR) is 113 cm³/mol. The van der Waals surface area contributed by atoms with Gasteiger partial charge in [-0.25, -0.2) is 4.79 Å². The molecule has 0 bridgehead atoms. The lowest BCUT2D eigenvalue weighted by atomic mass is 10.0. The molecular weight excluding hydrogens is 402 g/mol. The van der Waals surface area contributed by atoms with Crippen LogP contribution >= 0.6 is 34.3 Å². The van der Waals surface area contributed by atoms with Gasteiger partial charge in [-0.15, -0.1) is 22.7 Å². The molecule has 0 fully saturated rings. The van der Waals surface area contributed by atoms with Gasteiger partial charge < -0.3 is 10.1 Å². The van der Waals surface area contributed by atoms with Crippen molar-refractivity contribution in [1.82, 2.24) is 0 Å². The van der Waals surface area contributed by atoms with Crippen molar-refractivity contribution in [1.29, 1.82) is 0 Å².